The quantitative estimate of drug-likeness (QED) is 0.593. The van der Waals surface area contributed by atoms with Crippen molar-refractivity contribution >= 4 is 10.8 Å². The smallest absolute Gasteiger partial charge is 0.0620 e. The molecule has 1 saturated heterocycles. The fourth-order valence-corrected chi connectivity index (χ4v) is 6.78. The number of piperidine rings is 1. The number of hydrogen-bond donors (Lipinski definition) is 0. The summed E-state index contributed by atoms with van der Waals surface area (Å²) < 4.78 is 14.4. The molecule has 0 amide bonds. The molecule has 3 unspecified atom stereocenters. The van der Waals surface area contributed by atoms with E-state index in [0.29, 0.717) is 5.25 Å². The molecule has 0 bridgehead atoms. The molecule has 3 nitrogen and oxygen atoms in total. The molecule has 1 aliphatic carbocycles. The SMILES string of the molecule is CCC(C)S(OC)(OC)N1CCC2CCCCC2C1.CCCC. The van der Waals surface area contributed by atoms with Crippen LogP contribution < -0.4 is 0 Å². The van der Waals surface area contributed by atoms with Gasteiger partial charge in [0.2, 0.25) is 0 Å². The third-order valence-electron chi connectivity index (χ3n) is 5.67. The second-order valence-corrected chi connectivity index (χ2v) is 10.1. The highest BCUT2D eigenvalue weighted by molar-refractivity contribution is 8.24. The number of unbranched alkanes of at least 4 members (excludes halogenated alkanes) is 1. The molecule has 0 spiro atoms. The van der Waals surface area contributed by atoms with Crippen LogP contribution in [0, 0.1) is 11.8 Å². The molecule has 0 aromatic rings. The van der Waals surface area contributed by atoms with E-state index in [1.807, 2.05) is 14.2 Å². The van der Waals surface area contributed by atoms with E-state index in [2.05, 4.69) is 32.0 Å². The van der Waals surface area contributed by atoms with Gasteiger partial charge in [0, 0.05) is 13.1 Å². The number of nitrogens with zero attached hydrogens (tertiary/aromatic N) is 1. The standard InChI is InChI=1S/C15H31NO2S.C4H10/c1-5-13(2)19(17-3,18-4)16-11-10-14-8-6-7-9-15(14)12-16;1-3-4-2/h13-15H,5-12H2,1-4H3;3-4H2,1-2H3. The zero-order chi connectivity index (χ0) is 17.3. The molecule has 1 saturated carbocycles. The molecule has 1 aliphatic heterocycles. The molecule has 4 heteroatoms. The predicted molar refractivity (Wildman–Crippen MR) is 104 cm³/mol. The molecule has 0 N–H and O–H groups in total. The monoisotopic (exact) mass is 347 g/mol. The Balaban J connectivity index is 0.000000593. The van der Waals surface area contributed by atoms with E-state index in [9.17, 15) is 0 Å². The van der Waals surface area contributed by atoms with Gasteiger partial charge in [-0.25, -0.2) is 4.31 Å². The second-order valence-electron chi connectivity index (χ2n) is 7.05. The summed E-state index contributed by atoms with van der Waals surface area (Å²) in [5, 5.41) is 0.475. The average Bonchev–Trinajstić information content (AvgIpc) is 2.63. The summed E-state index contributed by atoms with van der Waals surface area (Å²) in [7, 11) is 2.14. The van der Waals surface area contributed by atoms with Crippen LogP contribution in [0.5, 0.6) is 0 Å². The van der Waals surface area contributed by atoms with Crippen LogP contribution in [0.1, 0.15) is 79.1 Å². The van der Waals surface area contributed by atoms with Gasteiger partial charge in [0.05, 0.1) is 19.5 Å². The van der Waals surface area contributed by atoms with Crippen LogP contribution in [0.15, 0.2) is 0 Å². The molecule has 3 atom stereocenters. The first-order valence-electron chi connectivity index (χ1n) is 9.77. The summed E-state index contributed by atoms with van der Waals surface area (Å²) in [6.07, 6.45) is 10.8. The van der Waals surface area contributed by atoms with Gasteiger partial charge in [-0.05, 0) is 38.0 Å². The third kappa shape index (κ3) is 5.35. The number of hydrogen-bond acceptors (Lipinski definition) is 3. The molecule has 0 aromatic heterocycles. The van der Waals surface area contributed by atoms with Gasteiger partial charge >= 0.3 is 0 Å². The van der Waals surface area contributed by atoms with Crippen molar-refractivity contribution in [2.75, 3.05) is 27.3 Å². The summed E-state index contributed by atoms with van der Waals surface area (Å²) in [5.41, 5.74) is 0. The Morgan fingerprint density at radius 1 is 0.957 bits per heavy atom. The Morgan fingerprint density at radius 3 is 2.00 bits per heavy atom. The molecule has 1 heterocycles. The van der Waals surface area contributed by atoms with Crippen molar-refractivity contribution < 1.29 is 8.37 Å². The van der Waals surface area contributed by atoms with Gasteiger partial charge in [0.1, 0.15) is 0 Å². The minimum absolute atomic E-state index is 0.475. The molecular weight excluding hydrogens is 306 g/mol. The Bertz CT molecular complexity index is 308. The average molecular weight is 348 g/mol. The van der Waals surface area contributed by atoms with Gasteiger partial charge in [-0.1, -0.05) is 52.9 Å². The summed E-state index contributed by atoms with van der Waals surface area (Å²) in [4.78, 5) is 0. The molecule has 2 aliphatic rings. The van der Waals surface area contributed by atoms with Crippen molar-refractivity contribution in [1.82, 2.24) is 4.31 Å². The lowest BCUT2D eigenvalue weighted by Gasteiger charge is -2.56. The lowest BCUT2D eigenvalue weighted by atomic mass is 9.76. The van der Waals surface area contributed by atoms with Crippen molar-refractivity contribution in [3.8, 4) is 0 Å². The van der Waals surface area contributed by atoms with Gasteiger partial charge in [0.25, 0.3) is 0 Å². The van der Waals surface area contributed by atoms with E-state index < -0.39 is 10.8 Å². The molecule has 140 valence electrons. The molecule has 2 rings (SSSR count). The van der Waals surface area contributed by atoms with Gasteiger partial charge in [0.15, 0.2) is 0 Å². The lowest BCUT2D eigenvalue weighted by molar-refractivity contribution is 0.121. The van der Waals surface area contributed by atoms with Crippen molar-refractivity contribution in [1.29, 1.82) is 0 Å². The summed E-state index contributed by atoms with van der Waals surface area (Å²) in [6, 6.07) is 0. The maximum absolute atomic E-state index is 5.95. The van der Waals surface area contributed by atoms with Gasteiger partial charge < -0.3 is 0 Å². The molecule has 23 heavy (non-hydrogen) atoms. The highest BCUT2D eigenvalue weighted by atomic mass is 32.3. The second kappa shape index (κ2) is 11.0. The summed E-state index contributed by atoms with van der Waals surface area (Å²) >= 11 is 0. The highest BCUT2D eigenvalue weighted by Gasteiger charge is 2.39. The van der Waals surface area contributed by atoms with Gasteiger partial charge in [-0.3, -0.25) is 8.37 Å². The highest BCUT2D eigenvalue weighted by Crippen LogP contribution is 2.59. The van der Waals surface area contributed by atoms with Gasteiger partial charge in [-0.2, -0.15) is 0 Å². The first-order chi connectivity index (χ1) is 11.1. The molecular formula is C19H41NO2S. The molecule has 2 fully saturated rings. The van der Waals surface area contributed by atoms with Gasteiger partial charge in [-0.15, -0.1) is 10.8 Å². The maximum atomic E-state index is 5.95. The van der Waals surface area contributed by atoms with E-state index in [-0.39, 0.29) is 0 Å². The third-order valence-corrected chi connectivity index (χ3v) is 9.03. The minimum Gasteiger partial charge on any atom is -0.273 e. The van der Waals surface area contributed by atoms with Crippen LogP contribution in [-0.4, -0.2) is 36.9 Å². The largest absolute Gasteiger partial charge is 0.273 e. The van der Waals surface area contributed by atoms with Crippen molar-refractivity contribution in [3.63, 3.8) is 0 Å². The Morgan fingerprint density at radius 2 is 1.52 bits per heavy atom. The molecule has 0 aromatic carbocycles. The van der Waals surface area contributed by atoms with Crippen molar-refractivity contribution in [2.24, 2.45) is 11.8 Å². The molecule has 0 radical (unpaired) electrons. The van der Waals surface area contributed by atoms with E-state index in [1.54, 1.807) is 0 Å². The Hall–Kier alpha value is 0.230. The normalized spacial score (nSPS) is 27.6. The predicted octanol–water partition coefficient (Wildman–Crippen LogP) is 5.95. The summed E-state index contributed by atoms with van der Waals surface area (Å²) in [5.74, 6) is 1.84. The summed E-state index contributed by atoms with van der Waals surface area (Å²) in [6.45, 7) is 11.2. The van der Waals surface area contributed by atoms with Crippen LogP contribution >= 0.6 is 10.8 Å². The van der Waals surface area contributed by atoms with E-state index in [0.717, 1.165) is 24.8 Å². The first kappa shape index (κ1) is 21.3. The Kier molecular flexibility index (Phi) is 10.1. The van der Waals surface area contributed by atoms with Crippen LogP contribution in [0.25, 0.3) is 0 Å². The fraction of sp³-hybridized carbons (Fsp3) is 1.00. The van der Waals surface area contributed by atoms with Crippen LogP contribution in [0.4, 0.5) is 0 Å². The van der Waals surface area contributed by atoms with E-state index in [4.69, 9.17) is 8.37 Å². The zero-order valence-corrected chi connectivity index (χ0v) is 17.3. The van der Waals surface area contributed by atoms with E-state index in [1.165, 1.54) is 51.5 Å². The van der Waals surface area contributed by atoms with Crippen LogP contribution in [0.3, 0.4) is 0 Å². The van der Waals surface area contributed by atoms with Crippen LogP contribution in [-0.2, 0) is 8.37 Å². The Labute approximate surface area is 147 Å². The van der Waals surface area contributed by atoms with Crippen molar-refractivity contribution in [2.45, 2.75) is 84.3 Å². The van der Waals surface area contributed by atoms with E-state index >= 15 is 0 Å². The minimum atomic E-state index is -1.52. The lowest BCUT2D eigenvalue weighted by Crippen LogP contribution is -2.46. The maximum Gasteiger partial charge on any atom is 0.0620 e. The number of rotatable bonds is 6. The van der Waals surface area contributed by atoms with Crippen LogP contribution in [0.2, 0.25) is 0 Å². The van der Waals surface area contributed by atoms with Crippen molar-refractivity contribution in [3.05, 3.63) is 0 Å². The first-order valence-corrected chi connectivity index (χ1v) is 11.3. The topological polar surface area (TPSA) is 21.7 Å². The zero-order valence-electron chi connectivity index (χ0n) is 16.5. The number of fused-ring (bicyclic) bond motifs is 1. The fourth-order valence-electron chi connectivity index (χ4n) is 3.87.